The van der Waals surface area contributed by atoms with Crippen molar-refractivity contribution in [3.05, 3.63) is 12.2 Å². The molecule has 1 aliphatic carbocycles. The van der Waals surface area contributed by atoms with Crippen molar-refractivity contribution in [2.75, 3.05) is 26.2 Å². The Kier molecular flexibility index (Phi) is 4.29. The molecule has 2 fully saturated rings. The molecule has 0 bridgehead atoms. The van der Waals surface area contributed by atoms with Crippen LogP contribution in [-0.2, 0) is 9.59 Å². The molecule has 0 aromatic carbocycles. The Bertz CT molecular complexity index is 449. The van der Waals surface area contributed by atoms with E-state index in [9.17, 15) is 14.7 Å². The van der Waals surface area contributed by atoms with Crippen molar-refractivity contribution in [2.24, 2.45) is 11.8 Å². The van der Waals surface area contributed by atoms with Crippen molar-refractivity contribution < 1.29 is 14.7 Å². The average molecular weight is 292 g/mol. The Morgan fingerprint density at radius 1 is 1.00 bits per heavy atom. The number of hydrogen-bond donors (Lipinski definition) is 1. The topological polar surface area (TPSA) is 60.9 Å². The highest BCUT2D eigenvalue weighted by molar-refractivity contribution is 5.85. The van der Waals surface area contributed by atoms with Gasteiger partial charge in [0, 0.05) is 25.7 Å². The van der Waals surface area contributed by atoms with E-state index >= 15 is 0 Å². The van der Waals surface area contributed by atoms with E-state index in [-0.39, 0.29) is 11.8 Å². The molecule has 2 saturated heterocycles. The third-order valence-electron chi connectivity index (χ3n) is 5.18. The molecule has 2 heterocycles. The van der Waals surface area contributed by atoms with E-state index in [0.717, 1.165) is 39.0 Å². The van der Waals surface area contributed by atoms with Crippen molar-refractivity contribution in [1.82, 2.24) is 9.80 Å². The minimum atomic E-state index is -0.838. The summed E-state index contributed by atoms with van der Waals surface area (Å²) in [5.74, 6) is -1.71. The fourth-order valence-corrected chi connectivity index (χ4v) is 4.00. The van der Waals surface area contributed by atoms with Crippen molar-refractivity contribution in [3.8, 4) is 0 Å². The van der Waals surface area contributed by atoms with E-state index in [2.05, 4.69) is 4.90 Å². The molecule has 0 aromatic rings. The van der Waals surface area contributed by atoms with Crippen molar-refractivity contribution in [3.63, 3.8) is 0 Å². The number of aliphatic carboxylic acids is 1. The number of carboxylic acids is 1. The van der Waals surface area contributed by atoms with Gasteiger partial charge in [-0.25, -0.2) is 0 Å². The van der Waals surface area contributed by atoms with Gasteiger partial charge in [-0.15, -0.1) is 0 Å². The van der Waals surface area contributed by atoms with Gasteiger partial charge in [0.1, 0.15) is 0 Å². The third-order valence-corrected chi connectivity index (χ3v) is 5.18. The maximum atomic E-state index is 12.8. The second kappa shape index (κ2) is 6.18. The van der Waals surface area contributed by atoms with Crippen LogP contribution in [0.2, 0.25) is 0 Å². The molecule has 1 N–H and O–H groups in total. The van der Waals surface area contributed by atoms with E-state index < -0.39 is 11.9 Å². The second-order valence-electron chi connectivity index (χ2n) is 6.46. The molecule has 21 heavy (non-hydrogen) atoms. The summed E-state index contributed by atoms with van der Waals surface area (Å²) < 4.78 is 0. The summed E-state index contributed by atoms with van der Waals surface area (Å²) in [4.78, 5) is 28.6. The van der Waals surface area contributed by atoms with E-state index in [0.29, 0.717) is 18.9 Å². The molecule has 0 radical (unpaired) electrons. The number of carbonyl (C=O) groups is 2. The molecule has 0 saturated carbocycles. The van der Waals surface area contributed by atoms with Crippen LogP contribution in [0.4, 0.5) is 0 Å². The number of amides is 1. The van der Waals surface area contributed by atoms with Gasteiger partial charge in [-0.3, -0.25) is 14.5 Å². The number of carboxylic acid groups (broad SMARTS) is 1. The molecule has 0 spiro atoms. The molecular weight excluding hydrogens is 268 g/mol. The zero-order valence-electron chi connectivity index (χ0n) is 12.4. The van der Waals surface area contributed by atoms with Gasteiger partial charge in [0.2, 0.25) is 5.91 Å². The Balaban J connectivity index is 1.71. The number of fused-ring (bicyclic) bond motifs is 1. The normalized spacial score (nSPS) is 33.5. The molecule has 3 rings (SSSR count). The maximum Gasteiger partial charge on any atom is 0.307 e. The van der Waals surface area contributed by atoms with Crippen LogP contribution in [0, 0.1) is 11.8 Å². The van der Waals surface area contributed by atoms with Crippen LogP contribution in [0.1, 0.15) is 32.1 Å². The van der Waals surface area contributed by atoms with Crippen molar-refractivity contribution in [1.29, 1.82) is 0 Å². The van der Waals surface area contributed by atoms with Crippen LogP contribution in [0.3, 0.4) is 0 Å². The van der Waals surface area contributed by atoms with Gasteiger partial charge in [0.25, 0.3) is 0 Å². The summed E-state index contributed by atoms with van der Waals surface area (Å²) in [6.45, 7) is 3.78. The predicted molar refractivity (Wildman–Crippen MR) is 78.8 cm³/mol. The van der Waals surface area contributed by atoms with Gasteiger partial charge < -0.3 is 10.0 Å². The maximum absolute atomic E-state index is 12.8. The lowest BCUT2D eigenvalue weighted by atomic mass is 9.82. The quantitative estimate of drug-likeness (QED) is 0.781. The smallest absolute Gasteiger partial charge is 0.307 e. The molecule has 5 heteroatoms. The Morgan fingerprint density at radius 2 is 1.71 bits per heavy atom. The zero-order chi connectivity index (χ0) is 14.8. The first-order valence-electron chi connectivity index (χ1n) is 8.07. The molecule has 116 valence electrons. The predicted octanol–water partition coefficient (Wildman–Crippen LogP) is 1.35. The molecule has 3 atom stereocenters. The highest BCUT2D eigenvalue weighted by Crippen LogP contribution is 2.29. The number of rotatable bonds is 2. The first-order chi connectivity index (χ1) is 10.2. The molecule has 3 aliphatic rings. The summed E-state index contributed by atoms with van der Waals surface area (Å²) in [5, 5.41) is 9.35. The van der Waals surface area contributed by atoms with E-state index in [1.807, 2.05) is 17.1 Å². The summed E-state index contributed by atoms with van der Waals surface area (Å²) in [6.07, 6.45) is 8.29. The highest BCUT2D eigenvalue weighted by atomic mass is 16.4. The lowest BCUT2D eigenvalue weighted by Gasteiger charge is -2.32. The number of carbonyl (C=O) groups excluding carboxylic acids is 1. The van der Waals surface area contributed by atoms with Crippen LogP contribution in [0.25, 0.3) is 0 Å². The zero-order valence-corrected chi connectivity index (χ0v) is 12.4. The van der Waals surface area contributed by atoms with E-state index in [1.54, 1.807) is 0 Å². The van der Waals surface area contributed by atoms with Crippen LogP contribution in [0.15, 0.2) is 12.2 Å². The largest absolute Gasteiger partial charge is 0.481 e. The van der Waals surface area contributed by atoms with Crippen LogP contribution >= 0.6 is 0 Å². The van der Waals surface area contributed by atoms with E-state index in [4.69, 9.17) is 0 Å². The van der Waals surface area contributed by atoms with Crippen molar-refractivity contribution in [2.45, 2.75) is 38.1 Å². The lowest BCUT2D eigenvalue weighted by Crippen LogP contribution is -2.45. The highest BCUT2D eigenvalue weighted by Gasteiger charge is 2.38. The molecule has 5 nitrogen and oxygen atoms in total. The van der Waals surface area contributed by atoms with Gasteiger partial charge in [-0.2, -0.15) is 0 Å². The fraction of sp³-hybridized carbons (Fsp3) is 0.750. The van der Waals surface area contributed by atoms with Gasteiger partial charge in [-0.05, 0) is 38.6 Å². The first kappa shape index (κ1) is 14.6. The molecule has 2 aliphatic heterocycles. The molecule has 0 aromatic heterocycles. The minimum absolute atomic E-state index is 0.0560. The Hall–Kier alpha value is -1.36. The molecule has 1 unspecified atom stereocenters. The standard InChI is InChI=1S/C16H24N2O3/c19-15(13-6-1-2-7-14(13)16(20)21)18-10-4-9-17-8-3-5-12(17)11-18/h1-2,12-14H,3-11H2,(H,20,21)/t12?,13-,14+/m1/s1. The van der Waals surface area contributed by atoms with Gasteiger partial charge in [0.05, 0.1) is 11.8 Å². The lowest BCUT2D eigenvalue weighted by molar-refractivity contribution is -0.150. The minimum Gasteiger partial charge on any atom is -0.481 e. The fourth-order valence-electron chi connectivity index (χ4n) is 4.00. The Labute approximate surface area is 125 Å². The number of nitrogens with zero attached hydrogens (tertiary/aromatic N) is 2. The van der Waals surface area contributed by atoms with Crippen LogP contribution in [-0.4, -0.2) is 59.0 Å². The monoisotopic (exact) mass is 292 g/mol. The van der Waals surface area contributed by atoms with Crippen LogP contribution < -0.4 is 0 Å². The third kappa shape index (κ3) is 2.98. The van der Waals surface area contributed by atoms with Crippen LogP contribution in [0.5, 0.6) is 0 Å². The van der Waals surface area contributed by atoms with Gasteiger partial charge >= 0.3 is 5.97 Å². The first-order valence-corrected chi connectivity index (χ1v) is 8.07. The van der Waals surface area contributed by atoms with Gasteiger partial charge in [0.15, 0.2) is 0 Å². The number of hydrogen-bond acceptors (Lipinski definition) is 3. The van der Waals surface area contributed by atoms with Crippen molar-refractivity contribution >= 4 is 11.9 Å². The van der Waals surface area contributed by atoms with Gasteiger partial charge in [-0.1, -0.05) is 12.2 Å². The summed E-state index contributed by atoms with van der Waals surface area (Å²) in [6, 6.07) is 0.485. The molecule has 1 amide bonds. The van der Waals surface area contributed by atoms with E-state index in [1.165, 1.54) is 6.42 Å². The molecular formula is C16H24N2O3. The number of allylic oxidation sites excluding steroid dienone is 2. The second-order valence-corrected chi connectivity index (χ2v) is 6.46. The average Bonchev–Trinajstić information content (AvgIpc) is 2.83. The SMILES string of the molecule is O=C(O)[C@H]1CC=CC[C@H]1C(=O)N1CCCN2CCCC2C1. The summed E-state index contributed by atoms with van der Waals surface area (Å²) in [5.41, 5.74) is 0. The summed E-state index contributed by atoms with van der Waals surface area (Å²) in [7, 11) is 0. The Morgan fingerprint density at radius 3 is 2.48 bits per heavy atom. The summed E-state index contributed by atoms with van der Waals surface area (Å²) >= 11 is 0.